The number of hydrogen-bond donors (Lipinski definition) is 1. The number of nitrogens with two attached hydrogens (primary N) is 1. The van der Waals surface area contributed by atoms with Crippen molar-refractivity contribution in [2.45, 2.75) is 57.1 Å². The van der Waals surface area contributed by atoms with Crippen LogP contribution >= 0.6 is 0 Å². The average molecular weight is 183 g/mol. The monoisotopic (exact) mass is 183 g/mol. The Morgan fingerprint density at radius 1 is 1.08 bits per heavy atom. The molecule has 0 amide bonds. The van der Waals surface area contributed by atoms with Crippen molar-refractivity contribution in [3.8, 4) is 0 Å². The molecular weight excluding hydrogens is 162 g/mol. The van der Waals surface area contributed by atoms with Gasteiger partial charge in [0, 0.05) is 12.6 Å². The number of hydrogen-bond acceptors (Lipinski definition) is 2. The van der Waals surface area contributed by atoms with E-state index in [1.165, 1.54) is 44.9 Å². The summed E-state index contributed by atoms with van der Waals surface area (Å²) in [6, 6.07) is 0.463. The molecule has 2 N–H and O–H groups in total. The Balaban J connectivity index is 1.56. The van der Waals surface area contributed by atoms with Gasteiger partial charge in [-0.3, -0.25) is 0 Å². The molecule has 13 heavy (non-hydrogen) atoms. The largest absolute Gasteiger partial charge is 0.378 e. The molecular formula is C11H21NO. The lowest BCUT2D eigenvalue weighted by Gasteiger charge is -2.26. The van der Waals surface area contributed by atoms with Gasteiger partial charge < -0.3 is 10.5 Å². The first-order valence-corrected chi connectivity index (χ1v) is 5.73. The molecule has 2 heteroatoms. The van der Waals surface area contributed by atoms with E-state index in [1.54, 1.807) is 0 Å². The Bertz CT molecular complexity index is 156. The minimum absolute atomic E-state index is 0.463. The van der Waals surface area contributed by atoms with Crippen LogP contribution in [0.4, 0.5) is 0 Å². The molecule has 0 radical (unpaired) electrons. The Labute approximate surface area is 80.8 Å². The molecule has 0 aromatic carbocycles. The molecule has 2 aliphatic rings. The van der Waals surface area contributed by atoms with E-state index in [0.717, 1.165) is 12.5 Å². The van der Waals surface area contributed by atoms with E-state index in [-0.39, 0.29) is 0 Å². The Morgan fingerprint density at radius 3 is 2.38 bits per heavy atom. The molecule has 2 aliphatic carbocycles. The zero-order valence-electron chi connectivity index (χ0n) is 8.37. The van der Waals surface area contributed by atoms with Gasteiger partial charge >= 0.3 is 0 Å². The highest BCUT2D eigenvalue weighted by Crippen LogP contribution is 2.28. The first kappa shape index (κ1) is 9.47. The number of ether oxygens (including phenoxy) is 1. The van der Waals surface area contributed by atoms with Gasteiger partial charge in [-0.2, -0.15) is 0 Å². The highest BCUT2D eigenvalue weighted by atomic mass is 16.5. The minimum Gasteiger partial charge on any atom is -0.378 e. The van der Waals surface area contributed by atoms with Crippen molar-refractivity contribution < 1.29 is 4.74 Å². The van der Waals surface area contributed by atoms with Crippen LogP contribution in [0.25, 0.3) is 0 Å². The lowest BCUT2D eigenvalue weighted by Crippen LogP contribution is -2.27. The maximum atomic E-state index is 5.99. The summed E-state index contributed by atoms with van der Waals surface area (Å²) in [5.41, 5.74) is 5.99. The van der Waals surface area contributed by atoms with Crippen LogP contribution in [-0.4, -0.2) is 18.8 Å². The summed E-state index contributed by atoms with van der Waals surface area (Å²) in [6.45, 7) is 0.947. The minimum atomic E-state index is 0.463. The van der Waals surface area contributed by atoms with E-state index in [2.05, 4.69) is 0 Å². The van der Waals surface area contributed by atoms with E-state index in [0.29, 0.717) is 12.1 Å². The van der Waals surface area contributed by atoms with Gasteiger partial charge in [-0.1, -0.05) is 6.42 Å². The molecule has 2 rings (SSSR count). The Kier molecular flexibility index (Phi) is 3.23. The smallest absolute Gasteiger partial charge is 0.0575 e. The molecule has 2 nitrogen and oxygen atoms in total. The predicted molar refractivity (Wildman–Crippen MR) is 53.5 cm³/mol. The van der Waals surface area contributed by atoms with Gasteiger partial charge in [-0.15, -0.1) is 0 Å². The van der Waals surface area contributed by atoms with Crippen LogP contribution in [0.5, 0.6) is 0 Å². The maximum absolute atomic E-state index is 5.99. The molecule has 0 heterocycles. The lowest BCUT2D eigenvalue weighted by molar-refractivity contribution is -0.00398. The predicted octanol–water partition coefficient (Wildman–Crippen LogP) is 2.07. The van der Waals surface area contributed by atoms with Crippen molar-refractivity contribution in [3.05, 3.63) is 0 Å². The van der Waals surface area contributed by atoms with Gasteiger partial charge in [-0.25, -0.2) is 0 Å². The lowest BCUT2D eigenvalue weighted by atomic mass is 9.96. The van der Waals surface area contributed by atoms with E-state index in [9.17, 15) is 0 Å². The Morgan fingerprint density at radius 2 is 1.85 bits per heavy atom. The molecule has 2 fully saturated rings. The molecule has 0 spiro atoms. The highest BCUT2D eigenvalue weighted by Gasteiger charge is 2.24. The first-order valence-electron chi connectivity index (χ1n) is 5.73. The maximum Gasteiger partial charge on any atom is 0.0575 e. The van der Waals surface area contributed by atoms with Crippen LogP contribution in [-0.2, 0) is 4.74 Å². The molecule has 0 bridgehead atoms. The SMILES string of the molecule is NC1CCCC1CCOC1CCC1. The van der Waals surface area contributed by atoms with E-state index in [1.807, 2.05) is 0 Å². The van der Waals surface area contributed by atoms with Crippen molar-refractivity contribution in [2.24, 2.45) is 11.7 Å². The van der Waals surface area contributed by atoms with Crippen LogP contribution in [0, 0.1) is 5.92 Å². The van der Waals surface area contributed by atoms with Crippen LogP contribution in [0.3, 0.4) is 0 Å². The third kappa shape index (κ3) is 2.44. The second-order valence-corrected chi connectivity index (χ2v) is 4.57. The summed E-state index contributed by atoms with van der Waals surface area (Å²) in [7, 11) is 0. The van der Waals surface area contributed by atoms with Gasteiger partial charge in [0.05, 0.1) is 6.10 Å². The fourth-order valence-electron chi connectivity index (χ4n) is 2.35. The zero-order chi connectivity index (χ0) is 9.10. The third-order valence-electron chi connectivity index (χ3n) is 3.61. The van der Waals surface area contributed by atoms with Crippen molar-refractivity contribution in [1.29, 1.82) is 0 Å². The molecule has 0 aromatic heterocycles. The van der Waals surface area contributed by atoms with Crippen LogP contribution in [0.15, 0.2) is 0 Å². The van der Waals surface area contributed by atoms with Crippen LogP contribution in [0.1, 0.15) is 44.9 Å². The normalized spacial score (nSPS) is 34.8. The van der Waals surface area contributed by atoms with E-state index in [4.69, 9.17) is 10.5 Å². The molecule has 2 atom stereocenters. The fourth-order valence-corrected chi connectivity index (χ4v) is 2.35. The molecule has 0 saturated heterocycles. The molecule has 76 valence electrons. The average Bonchev–Trinajstić information content (AvgIpc) is 2.42. The molecule has 0 aromatic rings. The topological polar surface area (TPSA) is 35.2 Å². The molecule has 2 unspecified atom stereocenters. The summed E-state index contributed by atoms with van der Waals surface area (Å²) in [6.07, 6.45) is 9.62. The molecule has 0 aliphatic heterocycles. The van der Waals surface area contributed by atoms with Gasteiger partial charge in [-0.05, 0) is 44.4 Å². The van der Waals surface area contributed by atoms with Crippen molar-refractivity contribution in [1.82, 2.24) is 0 Å². The summed E-state index contributed by atoms with van der Waals surface area (Å²) < 4.78 is 5.73. The van der Waals surface area contributed by atoms with Crippen LogP contribution in [0.2, 0.25) is 0 Å². The van der Waals surface area contributed by atoms with Crippen LogP contribution < -0.4 is 5.73 Å². The zero-order valence-corrected chi connectivity index (χ0v) is 8.37. The standard InChI is InChI=1S/C11H21NO/c12-11-6-1-3-9(11)7-8-13-10-4-2-5-10/h9-11H,1-8,12H2. The van der Waals surface area contributed by atoms with Crippen molar-refractivity contribution in [2.75, 3.05) is 6.61 Å². The third-order valence-corrected chi connectivity index (χ3v) is 3.61. The van der Waals surface area contributed by atoms with Crippen molar-refractivity contribution >= 4 is 0 Å². The van der Waals surface area contributed by atoms with Gasteiger partial charge in [0.25, 0.3) is 0 Å². The van der Waals surface area contributed by atoms with Crippen molar-refractivity contribution in [3.63, 3.8) is 0 Å². The Hall–Kier alpha value is -0.0800. The molecule has 2 saturated carbocycles. The van der Waals surface area contributed by atoms with Gasteiger partial charge in [0.15, 0.2) is 0 Å². The number of rotatable bonds is 4. The first-order chi connectivity index (χ1) is 6.36. The van der Waals surface area contributed by atoms with E-state index >= 15 is 0 Å². The van der Waals surface area contributed by atoms with Gasteiger partial charge in [0.1, 0.15) is 0 Å². The highest BCUT2D eigenvalue weighted by molar-refractivity contribution is 4.80. The summed E-state index contributed by atoms with van der Waals surface area (Å²) in [5, 5.41) is 0. The second-order valence-electron chi connectivity index (χ2n) is 4.57. The quantitative estimate of drug-likeness (QED) is 0.724. The summed E-state index contributed by atoms with van der Waals surface area (Å²) in [5.74, 6) is 0.750. The van der Waals surface area contributed by atoms with E-state index < -0.39 is 0 Å². The second kappa shape index (κ2) is 4.43. The summed E-state index contributed by atoms with van der Waals surface area (Å²) >= 11 is 0. The fraction of sp³-hybridized carbons (Fsp3) is 1.00. The summed E-state index contributed by atoms with van der Waals surface area (Å²) in [4.78, 5) is 0. The van der Waals surface area contributed by atoms with Gasteiger partial charge in [0.2, 0.25) is 0 Å².